The average Bonchev–Trinajstić information content (AvgIpc) is 1.14. The molecule has 0 atom stereocenters. The zero-order valence-electron chi connectivity index (χ0n) is 3.84. The van der Waals surface area contributed by atoms with E-state index in [-0.39, 0.29) is 10.8 Å². The van der Waals surface area contributed by atoms with Gasteiger partial charge in [0.2, 0.25) is 0 Å². The molecule has 0 radical (unpaired) electrons. The van der Waals surface area contributed by atoms with Gasteiger partial charge >= 0.3 is 3.92 Å². The monoisotopic (exact) mass is 213 g/mol. The van der Waals surface area contributed by atoms with Gasteiger partial charge in [-0.25, -0.2) is 13.6 Å². The van der Waals surface area contributed by atoms with E-state index in [4.69, 9.17) is 0 Å². The zero-order chi connectivity index (χ0) is 7.71. The molecule has 0 spiro atoms. The van der Waals surface area contributed by atoms with Crippen molar-refractivity contribution in [2.75, 3.05) is 0 Å². The van der Waals surface area contributed by atoms with E-state index in [9.17, 15) is 12.8 Å². The maximum absolute atomic E-state index is 11.9. The van der Waals surface area contributed by atoms with E-state index >= 15 is 0 Å². The number of hydrogen-bond acceptors (Lipinski definition) is 3. The van der Waals surface area contributed by atoms with Crippen LogP contribution in [-0.4, -0.2) is 12.3 Å². The first-order valence-electron chi connectivity index (χ1n) is 1.51. The van der Waals surface area contributed by atoms with E-state index in [1.807, 2.05) is 0 Å². The Labute approximate surface area is 65.1 Å². The fraction of sp³-hybridized carbons (Fsp3) is 1.00. The second kappa shape index (κ2) is 2.79. The van der Waals surface area contributed by atoms with Crippen LogP contribution in [0.3, 0.4) is 0 Å². The molecule has 0 saturated carbocycles. The van der Waals surface area contributed by atoms with Crippen molar-refractivity contribution in [1.82, 2.24) is 0 Å². The summed E-state index contributed by atoms with van der Waals surface area (Å²) in [4.78, 5) is 0. The first-order chi connectivity index (χ1) is 3.71. The quantitative estimate of drug-likeness (QED) is 0.550. The molecule has 3 nitrogen and oxygen atoms in total. The second-order valence-corrected chi connectivity index (χ2v) is 6.31. The van der Waals surface area contributed by atoms with E-state index < -0.39 is 13.0 Å². The van der Waals surface area contributed by atoms with Gasteiger partial charge in [0.1, 0.15) is 0 Å². The molecule has 56 valence electrons. The summed E-state index contributed by atoms with van der Waals surface area (Å²) in [6, 6.07) is 0. The molecule has 0 fully saturated rings. The summed E-state index contributed by atoms with van der Waals surface area (Å²) in [5.41, 5.74) is 0. The Hall–Kier alpha value is 0.770. The lowest BCUT2D eigenvalue weighted by molar-refractivity contribution is 0.517. The molecule has 0 saturated heterocycles. The Balaban J connectivity index is 4.07. The highest BCUT2D eigenvalue weighted by atomic mass is 35.5. The van der Waals surface area contributed by atoms with E-state index in [0.29, 0.717) is 0 Å². The molecular formula is CH2Cl2FNO2S2. The Bertz CT molecular complexity index is 183. The summed E-state index contributed by atoms with van der Waals surface area (Å²) < 4.78 is 29.0. The third-order valence-corrected chi connectivity index (χ3v) is 3.03. The average molecular weight is 214 g/mol. The van der Waals surface area contributed by atoms with Crippen LogP contribution in [0.2, 0.25) is 0 Å². The molecule has 0 rings (SSSR count). The largest absolute Gasteiger partial charge is 0.320 e. The van der Waals surface area contributed by atoms with Gasteiger partial charge in [0, 0.05) is 0 Å². The van der Waals surface area contributed by atoms with Gasteiger partial charge in [0.15, 0.2) is 0 Å². The maximum atomic E-state index is 11.9. The smallest absolute Gasteiger partial charge is 0.220 e. The fourth-order valence-electron chi connectivity index (χ4n) is 0.132. The number of alkyl halides is 3. The van der Waals surface area contributed by atoms with Crippen molar-refractivity contribution in [1.29, 1.82) is 0 Å². The minimum atomic E-state index is -4.00. The molecule has 0 heterocycles. The molecule has 0 aliphatic rings. The van der Waals surface area contributed by atoms with Crippen LogP contribution in [0.5, 0.6) is 0 Å². The van der Waals surface area contributed by atoms with Crippen LogP contribution in [0.4, 0.5) is 4.39 Å². The van der Waals surface area contributed by atoms with Gasteiger partial charge in [-0.3, -0.25) is 0 Å². The molecule has 0 bridgehead atoms. The molecule has 0 aromatic rings. The second-order valence-electron chi connectivity index (χ2n) is 1.02. The lowest BCUT2D eigenvalue weighted by Gasteiger charge is -2.03. The van der Waals surface area contributed by atoms with Crippen molar-refractivity contribution < 1.29 is 12.8 Å². The summed E-state index contributed by atoms with van der Waals surface area (Å²) in [6.07, 6.45) is 0. The standard InChI is InChI=1S/CH2Cl2FNO2S2/c2-1(3,4)8-9(5,6)7/h(H2,5,6,7). The number of halogens is 3. The number of rotatable bonds is 2. The minimum Gasteiger partial charge on any atom is -0.220 e. The van der Waals surface area contributed by atoms with Gasteiger partial charge in [-0.1, -0.05) is 23.2 Å². The Morgan fingerprint density at radius 1 is 1.56 bits per heavy atom. The maximum Gasteiger partial charge on any atom is 0.320 e. The fourth-order valence-corrected chi connectivity index (χ4v) is 2.77. The van der Waals surface area contributed by atoms with Crippen LogP contribution < -0.4 is 5.14 Å². The van der Waals surface area contributed by atoms with Crippen molar-refractivity contribution in [3.8, 4) is 0 Å². The van der Waals surface area contributed by atoms with Crippen LogP contribution in [0.15, 0.2) is 0 Å². The molecule has 0 aromatic carbocycles. The van der Waals surface area contributed by atoms with Crippen molar-refractivity contribution in [2.24, 2.45) is 5.14 Å². The topological polar surface area (TPSA) is 60.2 Å². The van der Waals surface area contributed by atoms with Gasteiger partial charge in [0.05, 0.1) is 10.8 Å². The van der Waals surface area contributed by atoms with Crippen molar-refractivity contribution in [3.05, 3.63) is 0 Å². The van der Waals surface area contributed by atoms with Crippen LogP contribution in [-0.2, 0) is 9.06 Å². The van der Waals surface area contributed by atoms with E-state index in [1.165, 1.54) is 0 Å². The van der Waals surface area contributed by atoms with Crippen LogP contribution >= 0.6 is 34.0 Å². The van der Waals surface area contributed by atoms with Crippen molar-refractivity contribution in [3.63, 3.8) is 0 Å². The van der Waals surface area contributed by atoms with Crippen LogP contribution in [0.1, 0.15) is 0 Å². The molecule has 2 N–H and O–H groups in total. The highest BCUT2D eigenvalue weighted by molar-refractivity contribution is 8.72. The molecule has 0 unspecified atom stereocenters. The van der Waals surface area contributed by atoms with Crippen molar-refractivity contribution >= 4 is 43.1 Å². The Morgan fingerprint density at radius 3 is 1.89 bits per heavy atom. The third-order valence-electron chi connectivity index (χ3n) is 0.211. The van der Waals surface area contributed by atoms with Gasteiger partial charge in [-0.15, -0.1) is 0 Å². The summed E-state index contributed by atoms with van der Waals surface area (Å²) >= 11 is 9.24. The van der Waals surface area contributed by atoms with Gasteiger partial charge in [-0.05, 0) is 0 Å². The number of nitrogens with two attached hydrogens (primary N) is 1. The predicted octanol–water partition coefficient (Wildman–Crippen LogP) is 0.982. The summed E-state index contributed by atoms with van der Waals surface area (Å²) in [5.74, 6) is 0. The molecule has 0 aliphatic heterocycles. The van der Waals surface area contributed by atoms with Crippen LogP contribution in [0, 0.1) is 0 Å². The van der Waals surface area contributed by atoms with Gasteiger partial charge < -0.3 is 0 Å². The lowest BCUT2D eigenvalue weighted by atomic mass is 11.7. The third kappa shape index (κ3) is 8.77. The first-order valence-corrected chi connectivity index (χ1v) is 5.14. The molecule has 0 amide bonds. The predicted molar refractivity (Wildman–Crippen MR) is 36.2 cm³/mol. The molecular weight excluding hydrogens is 212 g/mol. The SMILES string of the molecule is NS(=O)(=O)SC(F)(Cl)Cl. The summed E-state index contributed by atoms with van der Waals surface area (Å²) in [7, 11) is -4.38. The molecule has 9 heavy (non-hydrogen) atoms. The zero-order valence-corrected chi connectivity index (χ0v) is 6.99. The highest BCUT2D eigenvalue weighted by Crippen LogP contribution is 2.38. The minimum absolute atomic E-state index is 0.372. The first kappa shape index (κ1) is 9.77. The normalized spacial score (nSPS) is 13.8. The van der Waals surface area contributed by atoms with Crippen molar-refractivity contribution in [2.45, 2.75) is 3.92 Å². The van der Waals surface area contributed by atoms with Crippen LogP contribution in [0.25, 0.3) is 0 Å². The lowest BCUT2D eigenvalue weighted by Crippen LogP contribution is -2.12. The van der Waals surface area contributed by atoms with E-state index in [0.717, 1.165) is 0 Å². The van der Waals surface area contributed by atoms with E-state index in [1.54, 1.807) is 0 Å². The van der Waals surface area contributed by atoms with Gasteiger partial charge in [0.25, 0.3) is 9.06 Å². The Morgan fingerprint density at radius 2 is 1.89 bits per heavy atom. The van der Waals surface area contributed by atoms with E-state index in [2.05, 4.69) is 28.3 Å². The Kier molecular flexibility index (Phi) is 3.03. The summed E-state index contributed by atoms with van der Waals surface area (Å²) in [5, 5.41) is 4.35. The number of hydrogen-bond donors (Lipinski definition) is 1. The summed E-state index contributed by atoms with van der Waals surface area (Å²) in [6.45, 7) is 0. The highest BCUT2D eigenvalue weighted by Gasteiger charge is 2.29. The van der Waals surface area contributed by atoms with Gasteiger partial charge in [-0.2, -0.15) is 4.39 Å². The molecule has 8 heteroatoms. The molecule has 0 aromatic heterocycles. The molecule has 0 aliphatic carbocycles.